The Morgan fingerprint density at radius 1 is 0.882 bits per heavy atom. The Kier molecular flexibility index (Phi) is 6.22. The third-order valence-corrected chi connectivity index (χ3v) is 4.74. The van der Waals surface area contributed by atoms with Gasteiger partial charge in [-0.05, 0) is 18.8 Å². The van der Waals surface area contributed by atoms with Gasteiger partial charge in [0.2, 0.25) is 0 Å². The van der Waals surface area contributed by atoms with Gasteiger partial charge < -0.3 is 0 Å². The number of ketones is 1. The molecule has 0 radical (unpaired) electrons. The minimum absolute atomic E-state index is 0.103. The van der Waals surface area contributed by atoms with E-state index in [2.05, 4.69) is 20.8 Å². The van der Waals surface area contributed by atoms with Crippen molar-refractivity contribution in [2.75, 3.05) is 0 Å². The summed E-state index contributed by atoms with van der Waals surface area (Å²) in [6.07, 6.45) is 12.5. The molecule has 100 valence electrons. The van der Waals surface area contributed by atoms with E-state index < -0.39 is 0 Å². The van der Waals surface area contributed by atoms with E-state index in [1.807, 2.05) is 0 Å². The Hall–Kier alpha value is -0.330. The Labute approximate surface area is 107 Å². The molecule has 1 saturated carbocycles. The zero-order valence-electron chi connectivity index (χ0n) is 12.1. The second-order valence-electron chi connectivity index (χ2n) is 6.41. The van der Waals surface area contributed by atoms with Gasteiger partial charge in [0, 0.05) is 11.8 Å². The number of carbonyl (C=O) groups is 1. The normalized spacial score (nSPS) is 28.9. The molecule has 0 aromatic heterocycles. The highest BCUT2D eigenvalue weighted by molar-refractivity contribution is 5.84. The van der Waals surface area contributed by atoms with Gasteiger partial charge in [-0.1, -0.05) is 65.7 Å². The first kappa shape index (κ1) is 14.7. The van der Waals surface area contributed by atoms with Crippen molar-refractivity contribution in [3.05, 3.63) is 0 Å². The van der Waals surface area contributed by atoms with Crippen molar-refractivity contribution in [2.24, 2.45) is 11.3 Å². The van der Waals surface area contributed by atoms with E-state index in [0.717, 1.165) is 12.8 Å². The zero-order chi connectivity index (χ0) is 12.7. The molecule has 1 atom stereocenters. The molecule has 0 aliphatic heterocycles. The van der Waals surface area contributed by atoms with E-state index in [1.54, 1.807) is 0 Å². The van der Waals surface area contributed by atoms with Crippen LogP contribution in [-0.4, -0.2) is 5.78 Å². The predicted octanol–water partition coefficient (Wildman–Crippen LogP) is 5.13. The largest absolute Gasteiger partial charge is 0.299 e. The van der Waals surface area contributed by atoms with E-state index in [4.69, 9.17) is 0 Å². The molecule has 1 heteroatoms. The maximum absolute atomic E-state index is 12.2. The van der Waals surface area contributed by atoms with Crippen LogP contribution in [0.15, 0.2) is 0 Å². The molecule has 0 heterocycles. The predicted molar refractivity (Wildman–Crippen MR) is 74.1 cm³/mol. The first-order valence-corrected chi connectivity index (χ1v) is 7.58. The molecule has 0 aromatic carbocycles. The van der Waals surface area contributed by atoms with Crippen LogP contribution in [-0.2, 0) is 4.79 Å². The summed E-state index contributed by atoms with van der Waals surface area (Å²) in [6.45, 7) is 6.57. The summed E-state index contributed by atoms with van der Waals surface area (Å²) in [5, 5.41) is 0. The van der Waals surface area contributed by atoms with Crippen molar-refractivity contribution < 1.29 is 4.79 Å². The van der Waals surface area contributed by atoms with Crippen molar-refractivity contribution in [1.82, 2.24) is 0 Å². The second kappa shape index (κ2) is 7.18. The average molecular weight is 238 g/mol. The fraction of sp³-hybridized carbons (Fsp3) is 0.938. The molecule has 0 N–H and O–H groups in total. The van der Waals surface area contributed by atoms with Crippen LogP contribution in [0.4, 0.5) is 0 Å². The van der Waals surface area contributed by atoms with Gasteiger partial charge in [-0.3, -0.25) is 4.79 Å². The second-order valence-corrected chi connectivity index (χ2v) is 6.41. The minimum atomic E-state index is -0.103. The van der Waals surface area contributed by atoms with E-state index in [9.17, 15) is 4.79 Å². The Morgan fingerprint density at radius 2 is 1.35 bits per heavy atom. The molecule has 0 spiro atoms. The van der Waals surface area contributed by atoms with Crippen LogP contribution < -0.4 is 0 Å². The van der Waals surface area contributed by atoms with Crippen molar-refractivity contribution in [3.8, 4) is 0 Å². The molecule has 1 nitrogen and oxygen atoms in total. The van der Waals surface area contributed by atoms with Gasteiger partial charge >= 0.3 is 0 Å². The minimum Gasteiger partial charge on any atom is -0.299 e. The van der Waals surface area contributed by atoms with Gasteiger partial charge in [-0.25, -0.2) is 0 Å². The first-order chi connectivity index (χ1) is 8.05. The smallest absolute Gasteiger partial charge is 0.138 e. The van der Waals surface area contributed by atoms with E-state index in [-0.39, 0.29) is 5.41 Å². The van der Waals surface area contributed by atoms with Crippen LogP contribution in [0.2, 0.25) is 0 Å². The van der Waals surface area contributed by atoms with Gasteiger partial charge in [0.05, 0.1) is 0 Å². The Bertz CT molecular complexity index is 230. The summed E-state index contributed by atoms with van der Waals surface area (Å²) < 4.78 is 0. The lowest BCUT2D eigenvalue weighted by molar-refractivity contribution is -0.129. The van der Waals surface area contributed by atoms with Crippen molar-refractivity contribution in [1.29, 1.82) is 0 Å². The number of Topliss-reactive ketones (excluding diaryl/α,β-unsaturated/α-hetero) is 1. The molecule has 0 saturated heterocycles. The topological polar surface area (TPSA) is 17.1 Å². The summed E-state index contributed by atoms with van der Waals surface area (Å²) >= 11 is 0. The van der Waals surface area contributed by atoms with Gasteiger partial charge in [0.25, 0.3) is 0 Å². The molecule has 1 rings (SSSR count). The van der Waals surface area contributed by atoms with Crippen LogP contribution in [0.25, 0.3) is 0 Å². The number of hydrogen-bond acceptors (Lipinski definition) is 1. The van der Waals surface area contributed by atoms with E-state index in [1.165, 1.54) is 51.4 Å². The van der Waals surface area contributed by atoms with Crippen LogP contribution in [0.3, 0.4) is 0 Å². The molecule has 1 fully saturated rings. The van der Waals surface area contributed by atoms with Crippen LogP contribution in [0.1, 0.15) is 85.0 Å². The third-order valence-electron chi connectivity index (χ3n) is 4.74. The SMILES string of the molecule is CC1CCCCCCCCCCC(=O)C1(C)C. The lowest BCUT2D eigenvalue weighted by Crippen LogP contribution is -2.31. The van der Waals surface area contributed by atoms with Crippen LogP contribution in [0.5, 0.6) is 0 Å². The Balaban J connectivity index is 2.54. The summed E-state index contributed by atoms with van der Waals surface area (Å²) in [5.74, 6) is 1.03. The standard InChI is InChI=1S/C16H30O/c1-14-12-10-8-6-4-5-7-9-11-13-15(17)16(14,2)3/h14H,4-13H2,1-3H3. The molecule has 1 aliphatic carbocycles. The average Bonchev–Trinajstić information content (AvgIpc) is 2.30. The molecule has 0 amide bonds. The first-order valence-electron chi connectivity index (χ1n) is 7.58. The maximum Gasteiger partial charge on any atom is 0.138 e. The van der Waals surface area contributed by atoms with Crippen LogP contribution >= 0.6 is 0 Å². The molecular weight excluding hydrogens is 208 g/mol. The summed E-state index contributed by atoms with van der Waals surface area (Å²) in [7, 11) is 0. The number of hydrogen-bond donors (Lipinski definition) is 0. The van der Waals surface area contributed by atoms with Gasteiger partial charge in [-0.15, -0.1) is 0 Å². The fourth-order valence-electron chi connectivity index (χ4n) is 2.75. The van der Waals surface area contributed by atoms with Crippen molar-refractivity contribution >= 4 is 5.78 Å². The molecule has 17 heavy (non-hydrogen) atoms. The molecule has 1 aliphatic rings. The summed E-state index contributed by atoms with van der Waals surface area (Å²) in [4.78, 5) is 12.2. The van der Waals surface area contributed by atoms with Crippen molar-refractivity contribution in [2.45, 2.75) is 85.0 Å². The third kappa shape index (κ3) is 4.81. The highest BCUT2D eigenvalue weighted by Gasteiger charge is 2.32. The number of carbonyl (C=O) groups excluding carboxylic acids is 1. The highest BCUT2D eigenvalue weighted by atomic mass is 16.1. The Morgan fingerprint density at radius 3 is 1.94 bits per heavy atom. The van der Waals surface area contributed by atoms with Gasteiger partial charge in [0.15, 0.2) is 0 Å². The fourth-order valence-corrected chi connectivity index (χ4v) is 2.75. The molecule has 0 aromatic rings. The number of rotatable bonds is 0. The van der Waals surface area contributed by atoms with E-state index in [0.29, 0.717) is 11.7 Å². The maximum atomic E-state index is 12.2. The van der Waals surface area contributed by atoms with Gasteiger partial charge in [0.1, 0.15) is 5.78 Å². The summed E-state index contributed by atoms with van der Waals surface area (Å²) in [5.41, 5.74) is -0.103. The summed E-state index contributed by atoms with van der Waals surface area (Å²) in [6, 6.07) is 0. The monoisotopic (exact) mass is 238 g/mol. The van der Waals surface area contributed by atoms with Crippen molar-refractivity contribution in [3.63, 3.8) is 0 Å². The highest BCUT2D eigenvalue weighted by Crippen LogP contribution is 2.33. The molecule has 1 unspecified atom stereocenters. The quantitative estimate of drug-likeness (QED) is 0.571. The zero-order valence-corrected chi connectivity index (χ0v) is 12.1. The lowest BCUT2D eigenvalue weighted by atomic mass is 9.73. The van der Waals surface area contributed by atoms with E-state index >= 15 is 0 Å². The lowest BCUT2D eigenvalue weighted by Gasteiger charge is -2.30. The van der Waals surface area contributed by atoms with Crippen LogP contribution in [0, 0.1) is 11.3 Å². The molecule has 0 bridgehead atoms. The van der Waals surface area contributed by atoms with Gasteiger partial charge in [-0.2, -0.15) is 0 Å². The molecular formula is C16H30O.